The van der Waals surface area contributed by atoms with E-state index in [9.17, 15) is 0 Å². The van der Waals surface area contributed by atoms with Crippen LogP contribution in [0.4, 0.5) is 11.8 Å². The largest absolute Gasteiger partial charge is 0.474 e. The molecule has 1 aliphatic heterocycles. The fraction of sp³-hybridized carbons (Fsp3) is 0.609. The van der Waals surface area contributed by atoms with Gasteiger partial charge in [-0.2, -0.15) is 4.98 Å². The maximum atomic E-state index is 6.36. The molecule has 0 atom stereocenters. The van der Waals surface area contributed by atoms with E-state index in [4.69, 9.17) is 14.5 Å². The van der Waals surface area contributed by atoms with Crippen molar-refractivity contribution in [2.24, 2.45) is 5.92 Å². The van der Waals surface area contributed by atoms with Gasteiger partial charge in [0, 0.05) is 50.9 Å². The van der Waals surface area contributed by atoms with Crippen LogP contribution < -0.4 is 15.0 Å². The Bertz CT molecular complexity index is 813. The van der Waals surface area contributed by atoms with Crippen molar-refractivity contribution in [3.05, 3.63) is 24.5 Å². The summed E-state index contributed by atoms with van der Waals surface area (Å²) in [4.78, 5) is 15.9. The van der Waals surface area contributed by atoms with Crippen LogP contribution in [0, 0.1) is 5.92 Å². The van der Waals surface area contributed by atoms with Crippen LogP contribution in [-0.4, -0.2) is 54.4 Å². The molecule has 1 saturated heterocycles. The van der Waals surface area contributed by atoms with Crippen molar-refractivity contribution in [2.75, 3.05) is 37.5 Å². The maximum absolute atomic E-state index is 6.36. The smallest absolute Gasteiger partial charge is 0.226 e. The second kappa shape index (κ2) is 9.60. The Balaban J connectivity index is 1.57. The Morgan fingerprint density at radius 2 is 1.77 bits per heavy atom. The van der Waals surface area contributed by atoms with E-state index in [1.807, 2.05) is 43.5 Å². The number of anilines is 2. The first-order valence-corrected chi connectivity index (χ1v) is 11.1. The first-order valence-electron chi connectivity index (χ1n) is 11.1. The first-order chi connectivity index (χ1) is 14.6. The third-order valence-electron chi connectivity index (χ3n) is 6.07. The van der Waals surface area contributed by atoms with E-state index < -0.39 is 0 Å². The Labute approximate surface area is 179 Å². The molecule has 1 saturated carbocycles. The van der Waals surface area contributed by atoms with Crippen molar-refractivity contribution in [1.29, 1.82) is 0 Å². The van der Waals surface area contributed by atoms with Crippen molar-refractivity contribution in [3.8, 4) is 17.0 Å². The van der Waals surface area contributed by atoms with Gasteiger partial charge in [0.25, 0.3) is 0 Å². The molecule has 2 aromatic heterocycles. The minimum atomic E-state index is 0.116. The molecule has 2 aliphatic rings. The third kappa shape index (κ3) is 5.19. The zero-order valence-corrected chi connectivity index (χ0v) is 18.3. The molecule has 4 rings (SSSR count). The van der Waals surface area contributed by atoms with Crippen LogP contribution in [0.5, 0.6) is 5.88 Å². The summed E-state index contributed by atoms with van der Waals surface area (Å²) in [6.07, 6.45) is 10.4. The summed E-state index contributed by atoms with van der Waals surface area (Å²) < 4.78 is 11.8. The number of ether oxygens (including phenoxy) is 2. The summed E-state index contributed by atoms with van der Waals surface area (Å²) in [6, 6.07) is 4.49. The highest BCUT2D eigenvalue weighted by Gasteiger charge is 2.22. The van der Waals surface area contributed by atoms with Crippen LogP contribution in [0.1, 0.15) is 45.4 Å². The summed E-state index contributed by atoms with van der Waals surface area (Å²) in [5.74, 6) is 3.01. The molecule has 2 fully saturated rings. The number of nitrogens with one attached hydrogen (secondary N) is 1. The highest BCUT2D eigenvalue weighted by atomic mass is 16.5. The molecular formula is C23H33N5O2. The van der Waals surface area contributed by atoms with E-state index in [0.717, 1.165) is 48.9 Å². The minimum Gasteiger partial charge on any atom is -0.474 e. The van der Waals surface area contributed by atoms with Crippen LogP contribution in [0.25, 0.3) is 11.1 Å². The molecule has 1 N–H and O–H groups in total. The van der Waals surface area contributed by atoms with Crippen molar-refractivity contribution in [2.45, 2.75) is 57.6 Å². The minimum absolute atomic E-state index is 0.116. The molecule has 0 amide bonds. The molecule has 0 radical (unpaired) electrons. The molecule has 7 heteroatoms. The van der Waals surface area contributed by atoms with Crippen molar-refractivity contribution in [3.63, 3.8) is 0 Å². The molecule has 1 aliphatic carbocycles. The van der Waals surface area contributed by atoms with Gasteiger partial charge in [0.15, 0.2) is 0 Å². The van der Waals surface area contributed by atoms with Gasteiger partial charge in [-0.25, -0.2) is 9.97 Å². The summed E-state index contributed by atoms with van der Waals surface area (Å²) in [6.45, 7) is 3.79. The van der Waals surface area contributed by atoms with Crippen LogP contribution >= 0.6 is 0 Å². The van der Waals surface area contributed by atoms with Crippen molar-refractivity contribution >= 4 is 11.8 Å². The molecule has 0 unspecified atom stereocenters. The highest BCUT2D eigenvalue weighted by molar-refractivity contribution is 5.68. The Hall–Kier alpha value is -2.41. The molecular weight excluding hydrogens is 378 g/mol. The Morgan fingerprint density at radius 1 is 1.00 bits per heavy atom. The maximum Gasteiger partial charge on any atom is 0.226 e. The second-order valence-corrected chi connectivity index (χ2v) is 8.74. The van der Waals surface area contributed by atoms with Gasteiger partial charge < -0.3 is 19.7 Å². The van der Waals surface area contributed by atoms with E-state index in [0.29, 0.717) is 17.9 Å². The number of hydrogen-bond acceptors (Lipinski definition) is 7. The van der Waals surface area contributed by atoms with Gasteiger partial charge in [-0.3, -0.25) is 0 Å². The van der Waals surface area contributed by atoms with Gasteiger partial charge >= 0.3 is 0 Å². The normalized spacial score (nSPS) is 22.5. The van der Waals surface area contributed by atoms with Crippen LogP contribution in [0.3, 0.4) is 0 Å². The van der Waals surface area contributed by atoms with E-state index in [1.165, 1.54) is 25.7 Å². The number of rotatable bonds is 6. The predicted molar refractivity (Wildman–Crippen MR) is 119 cm³/mol. The molecule has 7 nitrogen and oxygen atoms in total. The fourth-order valence-corrected chi connectivity index (χ4v) is 4.07. The highest BCUT2D eigenvalue weighted by Crippen LogP contribution is 2.32. The lowest BCUT2D eigenvalue weighted by atomic mass is 9.87. The molecule has 0 spiro atoms. The zero-order chi connectivity index (χ0) is 20.9. The van der Waals surface area contributed by atoms with E-state index >= 15 is 0 Å². The predicted octanol–water partition coefficient (Wildman–Crippen LogP) is 4.15. The van der Waals surface area contributed by atoms with E-state index in [-0.39, 0.29) is 6.10 Å². The van der Waals surface area contributed by atoms with Gasteiger partial charge in [-0.1, -0.05) is 6.92 Å². The quantitative estimate of drug-likeness (QED) is 0.765. The molecule has 0 bridgehead atoms. The molecule has 162 valence electrons. The monoisotopic (exact) mass is 411 g/mol. The number of hydrogen-bond donors (Lipinski definition) is 1. The van der Waals surface area contributed by atoms with Gasteiger partial charge in [0.1, 0.15) is 11.9 Å². The molecule has 3 heterocycles. The average Bonchev–Trinajstić information content (AvgIpc) is 2.76. The number of pyridine rings is 1. The lowest BCUT2D eigenvalue weighted by Crippen LogP contribution is -2.28. The zero-order valence-electron chi connectivity index (χ0n) is 18.3. The number of nitrogens with zero attached hydrogens (tertiary/aromatic N) is 4. The van der Waals surface area contributed by atoms with Gasteiger partial charge in [-0.05, 0) is 43.7 Å². The van der Waals surface area contributed by atoms with Crippen LogP contribution in [0.2, 0.25) is 0 Å². The van der Waals surface area contributed by atoms with Gasteiger partial charge in [-0.15, -0.1) is 0 Å². The van der Waals surface area contributed by atoms with E-state index in [1.54, 1.807) is 0 Å². The summed E-state index contributed by atoms with van der Waals surface area (Å²) in [5, 5.41) is 3.53. The average molecular weight is 412 g/mol. The summed E-state index contributed by atoms with van der Waals surface area (Å²) in [5.41, 5.74) is 1.84. The molecule has 0 aromatic carbocycles. The van der Waals surface area contributed by atoms with E-state index in [2.05, 4.69) is 22.2 Å². The summed E-state index contributed by atoms with van der Waals surface area (Å²) >= 11 is 0. The van der Waals surface area contributed by atoms with Gasteiger partial charge in [0.2, 0.25) is 11.8 Å². The molecule has 30 heavy (non-hydrogen) atoms. The lowest BCUT2D eigenvalue weighted by molar-refractivity contribution is 0.0240. The number of aromatic nitrogens is 3. The standard InChI is InChI=1S/C23H33N5O2/c1-16-4-7-18(8-5-16)26-23-25-15-20(17-6-9-21(24-14-17)28(2)3)22(27-23)30-19-10-12-29-13-11-19/h6,9,14-16,18-19H,4-5,7-8,10-13H2,1-3H3,(H,25,26,27)/t16-,18-. The fourth-order valence-electron chi connectivity index (χ4n) is 4.07. The van der Waals surface area contributed by atoms with Crippen molar-refractivity contribution in [1.82, 2.24) is 15.0 Å². The third-order valence-corrected chi connectivity index (χ3v) is 6.07. The van der Waals surface area contributed by atoms with Crippen molar-refractivity contribution < 1.29 is 9.47 Å². The Kier molecular flexibility index (Phi) is 6.67. The Morgan fingerprint density at radius 3 is 2.43 bits per heavy atom. The SMILES string of the molecule is CN(C)c1ccc(-c2cnc(N[C@H]3CC[C@H](C)CC3)nc2OC2CCOCC2)cn1. The first kappa shape index (κ1) is 20.8. The summed E-state index contributed by atoms with van der Waals surface area (Å²) in [7, 11) is 3.97. The molecule has 2 aromatic rings. The second-order valence-electron chi connectivity index (χ2n) is 8.74. The van der Waals surface area contributed by atoms with Crippen LogP contribution in [0.15, 0.2) is 24.5 Å². The lowest BCUT2D eigenvalue weighted by Gasteiger charge is -2.27. The van der Waals surface area contributed by atoms with Gasteiger partial charge in [0.05, 0.1) is 18.8 Å². The topological polar surface area (TPSA) is 72.4 Å². The van der Waals surface area contributed by atoms with Crippen LogP contribution in [-0.2, 0) is 4.74 Å².